The predicted octanol–water partition coefficient (Wildman–Crippen LogP) is 3.74. The summed E-state index contributed by atoms with van der Waals surface area (Å²) in [6, 6.07) is 16.0. The van der Waals surface area contributed by atoms with Crippen molar-refractivity contribution in [2.45, 2.75) is 36.9 Å². The largest absolute Gasteiger partial charge is 0.411 e. The van der Waals surface area contributed by atoms with E-state index in [1.54, 1.807) is 32.0 Å². The van der Waals surface area contributed by atoms with Gasteiger partial charge in [0.1, 0.15) is 0 Å². The molecule has 1 heterocycles. The number of amides is 1. The number of nitrogens with zero attached hydrogens (tertiary/aromatic N) is 3. The van der Waals surface area contributed by atoms with Gasteiger partial charge in [-0.3, -0.25) is 4.79 Å². The van der Waals surface area contributed by atoms with Crippen LogP contribution in [0.4, 0.5) is 0 Å². The number of rotatable bonds is 10. The van der Waals surface area contributed by atoms with E-state index in [9.17, 15) is 13.2 Å². The van der Waals surface area contributed by atoms with E-state index in [-0.39, 0.29) is 33.7 Å². The van der Waals surface area contributed by atoms with Gasteiger partial charge in [0.25, 0.3) is 5.22 Å². The maximum atomic E-state index is 12.8. The van der Waals surface area contributed by atoms with E-state index in [4.69, 9.17) is 4.42 Å². The lowest BCUT2D eigenvalue weighted by Crippen LogP contribution is -2.30. The van der Waals surface area contributed by atoms with E-state index in [1.807, 2.05) is 37.3 Å². The minimum Gasteiger partial charge on any atom is -0.411 e. The van der Waals surface area contributed by atoms with Gasteiger partial charge in [-0.1, -0.05) is 62.0 Å². The molecule has 1 atom stereocenters. The third-order valence-electron chi connectivity index (χ3n) is 4.83. The highest BCUT2D eigenvalue weighted by molar-refractivity contribution is 7.99. The van der Waals surface area contributed by atoms with Crippen LogP contribution in [0.15, 0.2) is 69.1 Å². The average molecular weight is 475 g/mol. The zero-order valence-electron chi connectivity index (χ0n) is 18.2. The molecule has 170 valence electrons. The van der Waals surface area contributed by atoms with Gasteiger partial charge < -0.3 is 9.73 Å². The van der Waals surface area contributed by atoms with E-state index in [0.29, 0.717) is 18.7 Å². The fourth-order valence-corrected chi connectivity index (χ4v) is 5.20. The van der Waals surface area contributed by atoms with Crippen LogP contribution in [0, 0.1) is 0 Å². The van der Waals surface area contributed by atoms with Gasteiger partial charge in [0.2, 0.25) is 21.8 Å². The number of hydrogen-bond acceptors (Lipinski definition) is 7. The minimum absolute atomic E-state index is 0.113. The van der Waals surface area contributed by atoms with Crippen molar-refractivity contribution in [2.24, 2.45) is 0 Å². The van der Waals surface area contributed by atoms with Crippen LogP contribution in [0.1, 0.15) is 32.4 Å². The molecule has 0 aliphatic rings. The van der Waals surface area contributed by atoms with Crippen molar-refractivity contribution in [2.75, 3.05) is 18.8 Å². The van der Waals surface area contributed by atoms with Crippen LogP contribution in [0.3, 0.4) is 0 Å². The molecule has 0 saturated carbocycles. The number of carbonyl (C=O) groups is 1. The van der Waals surface area contributed by atoms with Crippen molar-refractivity contribution < 1.29 is 17.6 Å². The highest BCUT2D eigenvalue weighted by atomic mass is 32.2. The molecule has 0 saturated heterocycles. The molecule has 3 rings (SSSR count). The summed E-state index contributed by atoms with van der Waals surface area (Å²) in [6.45, 7) is 6.28. The van der Waals surface area contributed by atoms with E-state index >= 15 is 0 Å². The van der Waals surface area contributed by atoms with Gasteiger partial charge in [0, 0.05) is 18.7 Å². The molecule has 0 fully saturated rings. The summed E-state index contributed by atoms with van der Waals surface area (Å²) >= 11 is 1.12. The molecular formula is C22H26N4O4S2. The van der Waals surface area contributed by atoms with Gasteiger partial charge in [-0.05, 0) is 30.7 Å². The van der Waals surface area contributed by atoms with Crippen LogP contribution in [0.5, 0.6) is 0 Å². The molecule has 2 aromatic carbocycles. The zero-order chi connectivity index (χ0) is 23.1. The highest BCUT2D eigenvalue weighted by Gasteiger charge is 2.22. The number of hydrogen-bond donors (Lipinski definition) is 1. The summed E-state index contributed by atoms with van der Waals surface area (Å²) in [4.78, 5) is 12.4. The van der Waals surface area contributed by atoms with E-state index in [2.05, 4.69) is 15.5 Å². The average Bonchev–Trinajstić information content (AvgIpc) is 3.28. The molecule has 0 aliphatic heterocycles. The van der Waals surface area contributed by atoms with Gasteiger partial charge in [-0.25, -0.2) is 8.42 Å². The summed E-state index contributed by atoms with van der Waals surface area (Å²) in [5.41, 5.74) is 1.52. The Balaban J connectivity index is 1.64. The van der Waals surface area contributed by atoms with Gasteiger partial charge in [0.15, 0.2) is 0 Å². The highest BCUT2D eigenvalue weighted by Crippen LogP contribution is 2.26. The lowest BCUT2D eigenvalue weighted by molar-refractivity contribution is -0.119. The summed E-state index contributed by atoms with van der Waals surface area (Å²) in [5.74, 6) is 0.162. The number of aromatic nitrogens is 2. The Morgan fingerprint density at radius 3 is 2.50 bits per heavy atom. The monoisotopic (exact) mass is 474 g/mol. The smallest absolute Gasteiger partial charge is 0.277 e. The van der Waals surface area contributed by atoms with Gasteiger partial charge in [0.05, 0.1) is 16.7 Å². The van der Waals surface area contributed by atoms with Crippen LogP contribution in [0.25, 0.3) is 11.5 Å². The number of benzene rings is 2. The molecule has 32 heavy (non-hydrogen) atoms. The quantitative estimate of drug-likeness (QED) is 0.446. The molecule has 3 aromatic rings. The molecule has 0 spiro atoms. The molecule has 10 heteroatoms. The fourth-order valence-electron chi connectivity index (χ4n) is 3.12. The van der Waals surface area contributed by atoms with Crippen molar-refractivity contribution in [3.05, 3.63) is 60.2 Å². The minimum atomic E-state index is -3.60. The third kappa shape index (κ3) is 5.76. The standard InChI is InChI=1S/C22H26N4O4S2/c1-4-26(5-2)32(28,29)19-13-9-12-18(14-19)21-24-25-22(30-21)31-15-20(27)23-16(3)17-10-7-6-8-11-17/h6-14,16H,4-5,15H2,1-3H3,(H,23,27)/t16-/m1/s1. The lowest BCUT2D eigenvalue weighted by Gasteiger charge is -2.18. The van der Waals surface area contributed by atoms with Crippen LogP contribution >= 0.6 is 11.8 Å². The molecule has 0 aliphatic carbocycles. The van der Waals surface area contributed by atoms with Crippen LogP contribution < -0.4 is 5.32 Å². The molecule has 1 aromatic heterocycles. The van der Waals surface area contributed by atoms with Crippen molar-refractivity contribution in [3.8, 4) is 11.5 Å². The summed E-state index contributed by atoms with van der Waals surface area (Å²) in [6.07, 6.45) is 0. The second-order valence-electron chi connectivity index (χ2n) is 6.98. The van der Waals surface area contributed by atoms with Crippen molar-refractivity contribution >= 4 is 27.7 Å². The number of sulfonamides is 1. The summed E-state index contributed by atoms with van der Waals surface area (Å²) in [5, 5.41) is 11.1. The van der Waals surface area contributed by atoms with Gasteiger partial charge in [-0.2, -0.15) is 4.31 Å². The second kappa shape index (κ2) is 10.8. The molecule has 8 nitrogen and oxygen atoms in total. The SMILES string of the molecule is CCN(CC)S(=O)(=O)c1cccc(-c2nnc(SCC(=O)N[C@H](C)c3ccccc3)o2)c1. The summed E-state index contributed by atoms with van der Waals surface area (Å²) < 4.78 is 32.6. The first kappa shape index (κ1) is 24.0. The van der Waals surface area contributed by atoms with E-state index < -0.39 is 10.0 Å². The second-order valence-corrected chi connectivity index (χ2v) is 9.84. The Morgan fingerprint density at radius 1 is 1.09 bits per heavy atom. The van der Waals surface area contributed by atoms with Crippen LogP contribution in [-0.4, -0.2) is 47.7 Å². The van der Waals surface area contributed by atoms with E-state index in [0.717, 1.165) is 17.3 Å². The van der Waals surface area contributed by atoms with Crippen molar-refractivity contribution in [1.82, 2.24) is 19.8 Å². The first-order chi connectivity index (χ1) is 15.3. The van der Waals surface area contributed by atoms with Crippen LogP contribution in [0.2, 0.25) is 0 Å². The fraction of sp³-hybridized carbons (Fsp3) is 0.318. The first-order valence-electron chi connectivity index (χ1n) is 10.3. The zero-order valence-corrected chi connectivity index (χ0v) is 19.8. The Bertz CT molecular complexity index is 1150. The topological polar surface area (TPSA) is 105 Å². The lowest BCUT2D eigenvalue weighted by atomic mass is 10.1. The Morgan fingerprint density at radius 2 is 1.81 bits per heavy atom. The van der Waals surface area contributed by atoms with Crippen molar-refractivity contribution in [1.29, 1.82) is 0 Å². The number of nitrogens with one attached hydrogen (secondary N) is 1. The number of thioether (sulfide) groups is 1. The van der Waals surface area contributed by atoms with Crippen molar-refractivity contribution in [3.63, 3.8) is 0 Å². The van der Waals surface area contributed by atoms with E-state index in [1.165, 1.54) is 10.4 Å². The summed E-state index contributed by atoms with van der Waals surface area (Å²) in [7, 11) is -3.60. The normalized spacial score (nSPS) is 12.6. The first-order valence-corrected chi connectivity index (χ1v) is 12.7. The van der Waals surface area contributed by atoms with Gasteiger partial charge >= 0.3 is 0 Å². The Kier molecular flexibility index (Phi) is 8.05. The maximum absolute atomic E-state index is 12.8. The predicted molar refractivity (Wildman–Crippen MR) is 124 cm³/mol. The third-order valence-corrected chi connectivity index (χ3v) is 7.70. The van der Waals surface area contributed by atoms with Crippen LogP contribution in [-0.2, 0) is 14.8 Å². The maximum Gasteiger partial charge on any atom is 0.277 e. The Hall–Kier alpha value is -2.69. The number of carbonyl (C=O) groups excluding carboxylic acids is 1. The molecule has 1 amide bonds. The molecule has 0 radical (unpaired) electrons. The molecule has 0 unspecified atom stereocenters. The van der Waals surface area contributed by atoms with Gasteiger partial charge in [-0.15, -0.1) is 10.2 Å². The molecule has 1 N–H and O–H groups in total. The molecular weight excluding hydrogens is 448 g/mol. The Labute approximate surface area is 192 Å². The molecule has 0 bridgehead atoms.